The van der Waals surface area contributed by atoms with Gasteiger partial charge in [-0.3, -0.25) is 9.59 Å². The smallest absolute Gasteiger partial charge is 0.252 e. The first-order valence-electron chi connectivity index (χ1n) is 7.19. The molecule has 0 aliphatic heterocycles. The topological polar surface area (TPSA) is 111 Å². The molecule has 0 aliphatic rings. The van der Waals surface area contributed by atoms with Crippen molar-refractivity contribution in [2.75, 3.05) is 0 Å². The molecule has 3 aromatic rings. The van der Waals surface area contributed by atoms with Crippen molar-refractivity contribution in [1.82, 2.24) is 15.5 Å². The molecule has 0 fully saturated rings. The summed E-state index contributed by atoms with van der Waals surface area (Å²) in [7, 11) is 0. The van der Waals surface area contributed by atoms with Crippen LogP contribution in [0.3, 0.4) is 0 Å². The van der Waals surface area contributed by atoms with Crippen LogP contribution >= 0.6 is 0 Å². The van der Waals surface area contributed by atoms with Gasteiger partial charge in [0.2, 0.25) is 17.7 Å². The summed E-state index contributed by atoms with van der Waals surface area (Å²) in [5.41, 5.74) is 6.46. The van der Waals surface area contributed by atoms with E-state index >= 15 is 0 Å². The van der Waals surface area contributed by atoms with E-state index in [-0.39, 0.29) is 11.8 Å². The number of hydrogen-bond acceptors (Lipinski definition) is 5. The van der Waals surface area contributed by atoms with E-state index in [0.29, 0.717) is 11.1 Å². The Hall–Kier alpha value is -3.48. The average Bonchev–Trinajstić information content (AvgIpc) is 3.10. The molecule has 3 rings (SSSR count). The number of nitrogens with two attached hydrogens (primary N) is 1. The van der Waals surface area contributed by atoms with Crippen LogP contribution in [-0.4, -0.2) is 22.0 Å². The van der Waals surface area contributed by atoms with Crippen LogP contribution in [0.4, 0.5) is 0 Å². The molecular weight excluding hydrogens is 308 g/mol. The standard InChI is InChI=1S/C17H14N4O3/c18-14(22)13(19-15(23)11-7-3-1-4-8-11)17-21-20-16(24-17)12-9-5-2-6-10-12/h1-10,13H,(H2,18,22)(H,19,23)/t13-/m0/s1. The summed E-state index contributed by atoms with van der Waals surface area (Å²) in [6.45, 7) is 0. The zero-order valence-electron chi connectivity index (χ0n) is 12.5. The molecule has 0 aliphatic carbocycles. The fourth-order valence-electron chi connectivity index (χ4n) is 2.11. The molecule has 2 aromatic carbocycles. The van der Waals surface area contributed by atoms with E-state index in [0.717, 1.165) is 0 Å². The van der Waals surface area contributed by atoms with E-state index in [1.165, 1.54) is 0 Å². The molecule has 0 saturated heterocycles. The van der Waals surface area contributed by atoms with Crippen LogP contribution in [0.15, 0.2) is 65.1 Å². The van der Waals surface area contributed by atoms with Crippen LogP contribution in [-0.2, 0) is 4.79 Å². The molecule has 0 radical (unpaired) electrons. The zero-order chi connectivity index (χ0) is 16.9. The van der Waals surface area contributed by atoms with E-state index < -0.39 is 17.9 Å². The lowest BCUT2D eigenvalue weighted by Gasteiger charge is -2.11. The molecular formula is C17H14N4O3. The number of carbonyl (C=O) groups excluding carboxylic acids is 2. The normalized spacial score (nSPS) is 11.7. The highest BCUT2D eigenvalue weighted by atomic mass is 16.4. The van der Waals surface area contributed by atoms with Crippen molar-refractivity contribution in [2.24, 2.45) is 5.73 Å². The monoisotopic (exact) mass is 322 g/mol. The van der Waals surface area contributed by atoms with Crippen molar-refractivity contribution < 1.29 is 14.0 Å². The lowest BCUT2D eigenvalue weighted by molar-refractivity contribution is -0.120. The predicted octanol–water partition coefficient (Wildman–Crippen LogP) is 1.69. The summed E-state index contributed by atoms with van der Waals surface area (Å²) >= 11 is 0. The quantitative estimate of drug-likeness (QED) is 0.742. The predicted molar refractivity (Wildman–Crippen MR) is 85.6 cm³/mol. The first-order valence-corrected chi connectivity index (χ1v) is 7.19. The maximum absolute atomic E-state index is 12.2. The zero-order valence-corrected chi connectivity index (χ0v) is 12.5. The van der Waals surface area contributed by atoms with E-state index in [9.17, 15) is 9.59 Å². The second-order valence-electron chi connectivity index (χ2n) is 4.99. The largest absolute Gasteiger partial charge is 0.418 e. The van der Waals surface area contributed by atoms with Gasteiger partial charge in [0, 0.05) is 11.1 Å². The van der Waals surface area contributed by atoms with Gasteiger partial charge in [-0.2, -0.15) is 0 Å². The number of aromatic nitrogens is 2. The van der Waals surface area contributed by atoms with E-state index in [2.05, 4.69) is 15.5 Å². The molecule has 2 amide bonds. The summed E-state index contributed by atoms with van der Waals surface area (Å²) < 4.78 is 5.49. The molecule has 0 bridgehead atoms. The van der Waals surface area contributed by atoms with Crippen molar-refractivity contribution in [3.8, 4) is 11.5 Å². The minimum absolute atomic E-state index is 0.0642. The Morgan fingerprint density at radius 3 is 2.21 bits per heavy atom. The number of amides is 2. The van der Waals surface area contributed by atoms with E-state index in [1.807, 2.05) is 18.2 Å². The maximum Gasteiger partial charge on any atom is 0.252 e. The van der Waals surface area contributed by atoms with Crippen LogP contribution < -0.4 is 11.1 Å². The summed E-state index contributed by atoms with van der Waals surface area (Å²) in [4.78, 5) is 23.9. The van der Waals surface area contributed by atoms with E-state index in [4.69, 9.17) is 10.2 Å². The molecule has 0 spiro atoms. The van der Waals surface area contributed by atoms with Crippen molar-refractivity contribution >= 4 is 11.8 Å². The van der Waals surface area contributed by atoms with Crippen LogP contribution in [0, 0.1) is 0 Å². The highest BCUT2D eigenvalue weighted by molar-refractivity contribution is 5.97. The minimum Gasteiger partial charge on any atom is -0.418 e. The number of rotatable bonds is 5. The lowest BCUT2D eigenvalue weighted by atomic mass is 10.2. The molecule has 120 valence electrons. The Bertz CT molecular complexity index is 847. The fourth-order valence-corrected chi connectivity index (χ4v) is 2.11. The van der Waals surface area contributed by atoms with Gasteiger partial charge in [0.25, 0.3) is 5.91 Å². The van der Waals surface area contributed by atoms with Crippen LogP contribution in [0.5, 0.6) is 0 Å². The molecule has 0 saturated carbocycles. The fraction of sp³-hybridized carbons (Fsp3) is 0.0588. The van der Waals surface area contributed by atoms with Gasteiger partial charge in [-0.1, -0.05) is 36.4 Å². The van der Waals surface area contributed by atoms with Gasteiger partial charge in [-0.15, -0.1) is 10.2 Å². The number of nitrogens with zero attached hydrogens (tertiary/aromatic N) is 2. The van der Waals surface area contributed by atoms with Crippen molar-refractivity contribution in [3.63, 3.8) is 0 Å². The number of benzene rings is 2. The number of nitrogens with one attached hydrogen (secondary N) is 1. The van der Waals surface area contributed by atoms with E-state index in [1.54, 1.807) is 42.5 Å². The summed E-state index contributed by atoms with van der Waals surface area (Å²) in [6, 6.07) is 16.3. The summed E-state index contributed by atoms with van der Waals surface area (Å²) in [6.07, 6.45) is 0. The Labute approximate surface area is 137 Å². The third-order valence-electron chi connectivity index (χ3n) is 3.30. The third kappa shape index (κ3) is 3.30. The highest BCUT2D eigenvalue weighted by Gasteiger charge is 2.27. The van der Waals surface area contributed by atoms with Gasteiger partial charge in [-0.25, -0.2) is 0 Å². The molecule has 1 heterocycles. The maximum atomic E-state index is 12.2. The molecule has 3 N–H and O–H groups in total. The first-order chi connectivity index (χ1) is 11.6. The Morgan fingerprint density at radius 1 is 0.958 bits per heavy atom. The molecule has 24 heavy (non-hydrogen) atoms. The second-order valence-corrected chi connectivity index (χ2v) is 4.99. The molecule has 1 aromatic heterocycles. The van der Waals surface area contributed by atoms with Crippen LogP contribution in [0.25, 0.3) is 11.5 Å². The van der Waals surface area contributed by atoms with Crippen molar-refractivity contribution in [3.05, 3.63) is 72.1 Å². The average molecular weight is 322 g/mol. The lowest BCUT2D eigenvalue weighted by Crippen LogP contribution is -2.37. The molecule has 1 atom stereocenters. The highest BCUT2D eigenvalue weighted by Crippen LogP contribution is 2.20. The van der Waals surface area contributed by atoms with Crippen LogP contribution in [0.1, 0.15) is 22.3 Å². The summed E-state index contributed by atoms with van der Waals surface area (Å²) in [5, 5.41) is 10.2. The third-order valence-corrected chi connectivity index (χ3v) is 3.30. The van der Waals surface area contributed by atoms with Crippen LogP contribution in [0.2, 0.25) is 0 Å². The van der Waals surface area contributed by atoms with Gasteiger partial charge >= 0.3 is 0 Å². The second kappa shape index (κ2) is 6.74. The summed E-state index contributed by atoms with van der Waals surface area (Å²) in [5.74, 6) is -1.07. The Balaban J connectivity index is 1.83. The van der Waals surface area contributed by atoms with Crippen molar-refractivity contribution in [1.29, 1.82) is 0 Å². The van der Waals surface area contributed by atoms with Gasteiger partial charge in [0.05, 0.1) is 0 Å². The Morgan fingerprint density at radius 2 is 1.58 bits per heavy atom. The molecule has 7 nitrogen and oxygen atoms in total. The van der Waals surface area contributed by atoms with Gasteiger partial charge < -0.3 is 15.5 Å². The number of carbonyl (C=O) groups is 2. The first kappa shape index (κ1) is 15.4. The van der Waals surface area contributed by atoms with Gasteiger partial charge in [0.15, 0.2) is 6.04 Å². The Kier molecular flexibility index (Phi) is 4.33. The molecule has 0 unspecified atom stereocenters. The SMILES string of the molecule is NC(=O)[C@H](NC(=O)c1ccccc1)c1nnc(-c2ccccc2)o1. The van der Waals surface area contributed by atoms with Gasteiger partial charge in [0.1, 0.15) is 0 Å². The minimum atomic E-state index is -1.21. The number of primary amides is 1. The number of hydrogen-bond donors (Lipinski definition) is 2. The van der Waals surface area contributed by atoms with Crippen molar-refractivity contribution in [2.45, 2.75) is 6.04 Å². The van der Waals surface area contributed by atoms with Gasteiger partial charge in [-0.05, 0) is 24.3 Å². The molecule has 7 heteroatoms.